The molecular formula is C58H63F3N6O14. The fraction of sp³-hybridized carbons (Fsp3) is 0.379. The number of Topliss-reactive ketones (excluding diaryl/α,β-unsaturated/α-hetero) is 1. The van der Waals surface area contributed by atoms with Gasteiger partial charge in [-0.2, -0.15) is 5.10 Å². The number of carbonyl (C=O) groups excluding carboxylic acids is 3. The molecule has 8 N–H and O–H groups in total. The molecule has 1 unspecified atom stereocenters. The maximum Gasteiger partial charge on any atom is 0.312 e. The zero-order valence-electron chi connectivity index (χ0n) is 45.7. The van der Waals surface area contributed by atoms with Crippen LogP contribution in [0.2, 0.25) is 0 Å². The number of hydrogen-bond acceptors (Lipinski definition) is 18. The van der Waals surface area contributed by atoms with Crippen molar-refractivity contribution in [1.82, 2.24) is 15.0 Å². The fourth-order valence-corrected chi connectivity index (χ4v) is 10.6. The molecule has 4 aliphatic rings. The first kappa shape index (κ1) is 58.7. The monoisotopic (exact) mass is 1120 g/mol. The minimum Gasteiger partial charge on any atom is -0.508 e. The number of nitrogens with one attached hydrogen (secondary N) is 2. The number of ether oxygens (including phenoxy) is 4. The smallest absolute Gasteiger partial charge is 0.312 e. The third-order valence-corrected chi connectivity index (χ3v) is 15.4. The van der Waals surface area contributed by atoms with Crippen molar-refractivity contribution in [3.05, 3.63) is 123 Å². The summed E-state index contributed by atoms with van der Waals surface area (Å²) in [5, 5.41) is 75.4. The Balaban J connectivity index is 1.19. The number of esters is 1. The van der Waals surface area contributed by atoms with Gasteiger partial charge in [-0.1, -0.05) is 52.5 Å². The molecule has 0 saturated carbocycles. The molecule has 3 aromatic carbocycles. The maximum absolute atomic E-state index is 16.1. The van der Waals surface area contributed by atoms with Crippen LogP contribution in [0.25, 0.3) is 33.3 Å². The lowest BCUT2D eigenvalue weighted by atomic mass is 9.78. The summed E-state index contributed by atoms with van der Waals surface area (Å²) in [5.74, 6) is -13.5. The van der Waals surface area contributed by atoms with Crippen molar-refractivity contribution >= 4 is 62.9 Å². The molecule has 430 valence electrons. The Morgan fingerprint density at radius 2 is 1.69 bits per heavy atom. The number of aromatic nitrogens is 2. The molecule has 9 rings (SSSR count). The van der Waals surface area contributed by atoms with E-state index < -0.39 is 140 Å². The molecule has 0 aliphatic carbocycles. The van der Waals surface area contributed by atoms with Crippen LogP contribution in [0.5, 0.6) is 23.0 Å². The van der Waals surface area contributed by atoms with E-state index in [-0.39, 0.29) is 75.6 Å². The number of rotatable bonds is 8. The molecule has 1 amide bonds. The minimum absolute atomic E-state index is 0.00803. The quantitative estimate of drug-likeness (QED) is 0.0185. The first-order chi connectivity index (χ1) is 38.2. The Morgan fingerprint density at radius 3 is 2.36 bits per heavy atom. The number of allylic oxidation sites excluding steroid dienone is 2. The van der Waals surface area contributed by atoms with Crippen molar-refractivity contribution in [3.63, 3.8) is 0 Å². The number of halogens is 3. The Hall–Kier alpha value is -8.41. The van der Waals surface area contributed by atoms with E-state index in [9.17, 15) is 54.2 Å². The maximum atomic E-state index is 16.1. The lowest BCUT2D eigenvalue weighted by molar-refractivity contribution is -0.160. The van der Waals surface area contributed by atoms with Crippen LogP contribution in [0.15, 0.2) is 83.1 Å². The predicted octanol–water partition coefficient (Wildman–Crippen LogP) is 7.60. The Kier molecular flexibility index (Phi) is 16.7. The standard InChI is InChI=1S/C58H63F3N6O14/c1-25-12-11-13-26(2)57(77)63-45-36(22-62-65-34-16-18-66(23-34)56-39(61)21-35-49(73)37(31(7)68)24-67(55(35)64-56)40-15-14-33(59)20-38(40)60)50(74)42-43(51(45)75)48(72)30(6)53-44(42)54(76)58(9,81-53)79-19-17-41(78-10)27(3)52(80-32(8)69)29(5)47(71)28(4)46(25)70/h11-15,17,19-22,24-25,27-29,34,41,46-47,52,65,68,70-72,74-75H,7,16,18,23H2,1-6,8-10H3,(H,63,77)/b12-11+,19-17+,26-13-,62-22+/t25-,27+,28+,29+,34?,41-,46-,47+,52+,58-/m0/s1. The van der Waals surface area contributed by atoms with Gasteiger partial charge in [-0.3, -0.25) is 23.7 Å². The lowest BCUT2D eigenvalue weighted by Gasteiger charge is -2.38. The van der Waals surface area contributed by atoms with Crippen molar-refractivity contribution in [1.29, 1.82) is 0 Å². The summed E-state index contributed by atoms with van der Waals surface area (Å²) in [5.41, 5.74) is 0.0536. The van der Waals surface area contributed by atoms with Crippen LogP contribution in [-0.4, -0.2) is 121 Å². The second-order valence-corrected chi connectivity index (χ2v) is 20.9. The van der Waals surface area contributed by atoms with E-state index in [0.29, 0.717) is 6.07 Å². The number of carbonyl (C=O) groups is 3. The van der Waals surface area contributed by atoms with Gasteiger partial charge in [-0.25, -0.2) is 18.2 Å². The number of amides is 1. The summed E-state index contributed by atoms with van der Waals surface area (Å²) in [4.78, 5) is 60.6. The number of methoxy groups -OCH3 is 1. The van der Waals surface area contributed by atoms with E-state index in [1.54, 1.807) is 33.8 Å². The van der Waals surface area contributed by atoms with Crippen molar-refractivity contribution < 1.29 is 77.1 Å². The number of aliphatic hydroxyl groups is 3. The van der Waals surface area contributed by atoms with Gasteiger partial charge in [-0.05, 0) is 44.5 Å². The Bertz CT molecular complexity index is 3580. The van der Waals surface area contributed by atoms with Gasteiger partial charge in [0, 0.05) is 86.5 Å². The normalized spacial score (nSPS) is 27.0. The van der Waals surface area contributed by atoms with Crippen LogP contribution in [0.1, 0.15) is 81.9 Å². The summed E-state index contributed by atoms with van der Waals surface area (Å²) in [6.07, 6.45) is 5.29. The van der Waals surface area contributed by atoms with Gasteiger partial charge in [0.25, 0.3) is 11.7 Å². The fourth-order valence-electron chi connectivity index (χ4n) is 10.6. The molecule has 0 radical (unpaired) electrons. The van der Waals surface area contributed by atoms with Crippen LogP contribution in [-0.2, 0) is 23.8 Å². The van der Waals surface area contributed by atoms with Gasteiger partial charge in [0.1, 0.15) is 40.7 Å². The van der Waals surface area contributed by atoms with E-state index in [1.165, 1.54) is 57.9 Å². The number of fused-ring (bicyclic) bond motifs is 15. The summed E-state index contributed by atoms with van der Waals surface area (Å²) in [6.45, 7) is 15.6. The largest absolute Gasteiger partial charge is 0.508 e. The van der Waals surface area contributed by atoms with Gasteiger partial charge < -0.3 is 65.2 Å². The molecule has 5 bridgehead atoms. The highest BCUT2D eigenvalue weighted by Gasteiger charge is 2.50. The highest BCUT2D eigenvalue weighted by molar-refractivity contribution is 6.24. The van der Waals surface area contributed by atoms with Crippen molar-refractivity contribution in [2.75, 3.05) is 30.4 Å². The van der Waals surface area contributed by atoms with Crippen LogP contribution < -0.4 is 25.8 Å². The number of hydrogen-bond donors (Lipinski definition) is 8. The molecule has 0 spiro atoms. The number of benzene rings is 3. The summed E-state index contributed by atoms with van der Waals surface area (Å²) < 4.78 is 70.1. The highest BCUT2D eigenvalue weighted by atomic mass is 19.1. The topological polar surface area (TPSA) is 284 Å². The number of nitrogens with zero attached hydrogens (tertiary/aromatic N) is 4. The van der Waals surface area contributed by atoms with Gasteiger partial charge >= 0.3 is 11.8 Å². The number of anilines is 2. The first-order valence-corrected chi connectivity index (χ1v) is 25.9. The molecule has 20 nitrogen and oxygen atoms in total. The number of phenolic OH excluding ortho intramolecular Hbond substituents is 3. The van der Waals surface area contributed by atoms with Gasteiger partial charge in [-0.15, -0.1) is 0 Å². The Morgan fingerprint density at radius 1 is 0.975 bits per heavy atom. The SMILES string of the molecule is C=C(O)c1cn(-c2ccc(F)cc2F)c2nc(N3CCC(N/N=C/c4c5c(O)c6c(O)c(C)c7c(c6c4O)C(=O)[C@@](C)(O/C=C/[C@H](OC)[C@@H](C)[C@@H](OC(C)=O)[C@H](C)[C@H](O)[C@H](C)[C@@H](O)[C@@H](C)/C=C/C=C(/C)C(=O)N5)O7)C3)c(F)cc2c1=O. The number of aliphatic hydroxyl groups excluding tert-OH is 3. The van der Waals surface area contributed by atoms with Crippen LogP contribution in [0.4, 0.5) is 24.7 Å². The van der Waals surface area contributed by atoms with Gasteiger partial charge in [0.05, 0.1) is 75.7 Å². The second kappa shape index (κ2) is 23.0. The molecular weight excluding hydrogens is 1060 g/mol. The predicted molar refractivity (Wildman–Crippen MR) is 294 cm³/mol. The van der Waals surface area contributed by atoms with Crippen LogP contribution >= 0.6 is 0 Å². The molecule has 23 heteroatoms. The molecule has 1 fully saturated rings. The molecule has 4 aliphatic heterocycles. The molecule has 2 aromatic heterocycles. The number of phenols is 3. The number of pyridine rings is 2. The van der Waals surface area contributed by atoms with E-state index in [1.807, 2.05) is 0 Å². The number of aromatic hydroxyl groups is 3. The van der Waals surface area contributed by atoms with E-state index in [2.05, 4.69) is 27.4 Å². The average molecular weight is 1130 g/mol. The summed E-state index contributed by atoms with van der Waals surface area (Å²) >= 11 is 0. The van der Waals surface area contributed by atoms with Crippen LogP contribution in [0, 0.1) is 48.0 Å². The van der Waals surface area contributed by atoms with Gasteiger partial charge in [0.15, 0.2) is 23.0 Å². The third-order valence-electron chi connectivity index (χ3n) is 15.4. The summed E-state index contributed by atoms with van der Waals surface area (Å²) in [7, 11) is 1.39. The number of hydrazone groups is 1. The van der Waals surface area contributed by atoms with Gasteiger partial charge in [0.2, 0.25) is 5.43 Å². The number of ketones is 1. The minimum atomic E-state index is -2.18. The zero-order valence-corrected chi connectivity index (χ0v) is 45.7. The summed E-state index contributed by atoms with van der Waals surface area (Å²) in [6, 6.07) is 2.95. The first-order valence-electron chi connectivity index (χ1n) is 25.9. The van der Waals surface area contributed by atoms with Crippen molar-refractivity contribution in [2.45, 2.75) is 98.1 Å². The molecule has 5 aromatic rings. The molecule has 81 heavy (non-hydrogen) atoms. The molecule has 1 saturated heterocycles. The van der Waals surface area contributed by atoms with Crippen LogP contribution in [0.3, 0.4) is 0 Å². The lowest BCUT2D eigenvalue weighted by Crippen LogP contribution is -2.46. The van der Waals surface area contributed by atoms with Crippen molar-refractivity contribution in [3.8, 4) is 28.7 Å². The zero-order chi connectivity index (χ0) is 59.3. The second-order valence-electron chi connectivity index (χ2n) is 20.9. The Labute approximate surface area is 462 Å². The highest BCUT2D eigenvalue weighted by Crippen LogP contribution is 2.55. The van der Waals surface area contributed by atoms with E-state index >= 15 is 8.78 Å². The van der Waals surface area contributed by atoms with E-state index in [0.717, 1.165) is 41.4 Å². The molecule has 6 heterocycles. The third kappa shape index (κ3) is 11.0. The van der Waals surface area contributed by atoms with Crippen molar-refractivity contribution in [2.24, 2.45) is 28.8 Å². The average Bonchev–Trinajstić information content (AvgIpc) is 3.91. The molecule has 10 atom stereocenters. The van der Waals surface area contributed by atoms with E-state index in [4.69, 9.17) is 18.9 Å².